The number of nitro groups is 1. The fourth-order valence-corrected chi connectivity index (χ4v) is 2.70. The molecule has 27 heavy (non-hydrogen) atoms. The van der Waals surface area contributed by atoms with Crippen LogP contribution in [0.4, 0.5) is 5.69 Å². The molecule has 0 unspecified atom stereocenters. The summed E-state index contributed by atoms with van der Waals surface area (Å²) in [6.07, 6.45) is 2.47. The van der Waals surface area contributed by atoms with Gasteiger partial charge in [0.15, 0.2) is 0 Å². The molecule has 0 radical (unpaired) electrons. The second-order valence-corrected chi connectivity index (χ2v) is 5.89. The van der Waals surface area contributed by atoms with E-state index in [4.69, 9.17) is 11.6 Å². The quantitative estimate of drug-likeness (QED) is 0.409. The predicted octanol–water partition coefficient (Wildman–Crippen LogP) is 2.24. The standard InChI is InChI=1S/C16H14ClN7O3/c1-10-12(15(17)23(20-10)11-6-4-3-5-7-11)8-18-19-16(25)14-13(24(26)27)9-22(2)21-14/h3-9H,1-2H3,(H,19,25)/b18-8+. The normalized spacial score (nSPS) is 11.1. The molecule has 0 saturated carbocycles. The smallest absolute Gasteiger partial charge is 0.268 e. The second-order valence-electron chi connectivity index (χ2n) is 5.53. The van der Waals surface area contributed by atoms with Crippen molar-refractivity contribution in [1.82, 2.24) is 25.0 Å². The number of hydrogen-bond donors (Lipinski definition) is 1. The molecule has 0 spiro atoms. The highest BCUT2D eigenvalue weighted by molar-refractivity contribution is 6.32. The summed E-state index contributed by atoms with van der Waals surface area (Å²) in [4.78, 5) is 22.4. The Bertz CT molecular complexity index is 1040. The highest BCUT2D eigenvalue weighted by Crippen LogP contribution is 2.22. The van der Waals surface area contributed by atoms with Gasteiger partial charge < -0.3 is 0 Å². The Morgan fingerprint density at radius 2 is 2.04 bits per heavy atom. The molecule has 2 heterocycles. The molecule has 1 N–H and O–H groups in total. The van der Waals surface area contributed by atoms with Crippen LogP contribution in [0.2, 0.25) is 5.15 Å². The molecule has 3 aromatic rings. The van der Waals surface area contributed by atoms with E-state index < -0.39 is 16.5 Å². The van der Waals surface area contributed by atoms with Crippen molar-refractivity contribution in [2.75, 3.05) is 0 Å². The fourth-order valence-electron chi connectivity index (χ4n) is 2.38. The van der Waals surface area contributed by atoms with Gasteiger partial charge in [-0.05, 0) is 19.1 Å². The van der Waals surface area contributed by atoms with E-state index in [1.807, 2.05) is 30.3 Å². The van der Waals surface area contributed by atoms with Crippen LogP contribution in [0.25, 0.3) is 5.69 Å². The highest BCUT2D eigenvalue weighted by atomic mass is 35.5. The molecular weight excluding hydrogens is 374 g/mol. The van der Waals surface area contributed by atoms with Gasteiger partial charge in [-0.3, -0.25) is 19.6 Å². The van der Waals surface area contributed by atoms with E-state index in [1.54, 1.807) is 11.6 Å². The molecule has 0 saturated heterocycles. The molecule has 1 amide bonds. The number of aromatic nitrogens is 4. The molecule has 0 aliphatic heterocycles. The van der Waals surface area contributed by atoms with Gasteiger partial charge in [0.1, 0.15) is 11.3 Å². The third-order valence-corrected chi connectivity index (χ3v) is 3.99. The number of carbonyl (C=O) groups is 1. The van der Waals surface area contributed by atoms with E-state index in [-0.39, 0.29) is 5.69 Å². The molecule has 11 heteroatoms. The first kappa shape index (κ1) is 18.3. The molecule has 0 fully saturated rings. The Kier molecular flexibility index (Phi) is 4.99. The van der Waals surface area contributed by atoms with Crippen molar-refractivity contribution in [1.29, 1.82) is 0 Å². The Labute approximate surface area is 158 Å². The minimum Gasteiger partial charge on any atom is -0.268 e. The average Bonchev–Trinajstić information content (AvgIpc) is 3.17. The Morgan fingerprint density at radius 1 is 1.33 bits per heavy atom. The van der Waals surface area contributed by atoms with E-state index in [9.17, 15) is 14.9 Å². The number of benzene rings is 1. The molecule has 10 nitrogen and oxygen atoms in total. The molecule has 0 bridgehead atoms. The topological polar surface area (TPSA) is 120 Å². The lowest BCUT2D eigenvalue weighted by Crippen LogP contribution is -2.19. The number of nitrogens with one attached hydrogen (secondary N) is 1. The highest BCUT2D eigenvalue weighted by Gasteiger charge is 2.24. The van der Waals surface area contributed by atoms with Gasteiger partial charge in [0.05, 0.1) is 28.1 Å². The molecule has 0 aliphatic carbocycles. The number of halogens is 1. The maximum Gasteiger partial charge on any atom is 0.320 e. The van der Waals surface area contributed by atoms with Crippen molar-refractivity contribution in [3.05, 3.63) is 68.7 Å². The lowest BCUT2D eigenvalue weighted by Gasteiger charge is -2.01. The van der Waals surface area contributed by atoms with Gasteiger partial charge in [0.2, 0.25) is 5.69 Å². The minimum absolute atomic E-state index is 0.320. The van der Waals surface area contributed by atoms with Crippen molar-refractivity contribution in [2.45, 2.75) is 6.92 Å². The van der Waals surface area contributed by atoms with Gasteiger partial charge in [0.25, 0.3) is 5.91 Å². The van der Waals surface area contributed by atoms with Crippen LogP contribution in [0, 0.1) is 17.0 Å². The molecule has 0 aliphatic rings. The first-order chi connectivity index (χ1) is 12.9. The van der Waals surface area contributed by atoms with Crippen LogP contribution in [-0.4, -0.2) is 36.6 Å². The van der Waals surface area contributed by atoms with Crippen molar-refractivity contribution in [3.63, 3.8) is 0 Å². The van der Waals surface area contributed by atoms with Crippen LogP contribution in [-0.2, 0) is 7.05 Å². The summed E-state index contributed by atoms with van der Waals surface area (Å²) in [5, 5.41) is 23.2. The fraction of sp³-hybridized carbons (Fsp3) is 0.125. The summed E-state index contributed by atoms with van der Waals surface area (Å²) >= 11 is 6.36. The van der Waals surface area contributed by atoms with Crippen LogP contribution >= 0.6 is 11.6 Å². The van der Waals surface area contributed by atoms with Crippen LogP contribution < -0.4 is 5.43 Å². The van der Waals surface area contributed by atoms with Crippen LogP contribution in [0.5, 0.6) is 0 Å². The van der Waals surface area contributed by atoms with Crippen LogP contribution in [0.15, 0.2) is 41.6 Å². The van der Waals surface area contributed by atoms with E-state index in [0.29, 0.717) is 16.4 Å². The first-order valence-corrected chi connectivity index (χ1v) is 8.08. The summed E-state index contributed by atoms with van der Waals surface area (Å²) in [5.74, 6) is -0.803. The average molecular weight is 388 g/mol. The van der Waals surface area contributed by atoms with E-state index in [0.717, 1.165) is 11.9 Å². The predicted molar refractivity (Wildman–Crippen MR) is 98.2 cm³/mol. The molecule has 0 atom stereocenters. The van der Waals surface area contributed by atoms with Crippen LogP contribution in [0.1, 0.15) is 21.7 Å². The molecule has 2 aromatic heterocycles. The van der Waals surface area contributed by atoms with Gasteiger partial charge in [-0.15, -0.1) is 0 Å². The molecule has 3 rings (SSSR count). The molecule has 138 valence electrons. The zero-order valence-corrected chi connectivity index (χ0v) is 15.1. The minimum atomic E-state index is -0.803. The van der Waals surface area contributed by atoms with Gasteiger partial charge in [-0.25, -0.2) is 10.1 Å². The number of carbonyl (C=O) groups excluding carboxylic acids is 1. The van der Waals surface area contributed by atoms with E-state index in [2.05, 4.69) is 20.7 Å². The molecular formula is C16H14ClN7O3. The summed E-state index contributed by atoms with van der Waals surface area (Å²) < 4.78 is 2.73. The van der Waals surface area contributed by atoms with Gasteiger partial charge in [-0.1, -0.05) is 29.8 Å². The Morgan fingerprint density at radius 3 is 2.70 bits per heavy atom. The van der Waals surface area contributed by atoms with Gasteiger partial charge in [0, 0.05) is 7.05 Å². The zero-order valence-electron chi connectivity index (χ0n) is 14.3. The summed E-state index contributed by atoms with van der Waals surface area (Å²) in [6, 6.07) is 9.29. The van der Waals surface area contributed by atoms with Gasteiger partial charge in [-0.2, -0.15) is 15.3 Å². The van der Waals surface area contributed by atoms with Crippen molar-refractivity contribution in [2.24, 2.45) is 12.1 Å². The SMILES string of the molecule is Cc1nn(-c2ccccc2)c(Cl)c1/C=N/NC(=O)c1nn(C)cc1[N+](=O)[O-]. The third kappa shape index (κ3) is 3.70. The Balaban J connectivity index is 1.80. The largest absolute Gasteiger partial charge is 0.320 e. The number of nitrogens with zero attached hydrogens (tertiary/aromatic N) is 6. The van der Waals surface area contributed by atoms with Crippen molar-refractivity contribution >= 4 is 29.4 Å². The number of para-hydroxylation sites is 1. The second kappa shape index (κ2) is 7.38. The lowest BCUT2D eigenvalue weighted by atomic mass is 10.3. The molecule has 1 aromatic carbocycles. The maximum atomic E-state index is 12.1. The number of amides is 1. The number of rotatable bonds is 5. The Hall–Kier alpha value is -3.53. The van der Waals surface area contributed by atoms with E-state index >= 15 is 0 Å². The van der Waals surface area contributed by atoms with Crippen LogP contribution in [0.3, 0.4) is 0 Å². The van der Waals surface area contributed by atoms with E-state index in [1.165, 1.54) is 17.9 Å². The summed E-state index contributed by atoms with van der Waals surface area (Å²) in [6.45, 7) is 1.75. The number of hydrazone groups is 1. The first-order valence-electron chi connectivity index (χ1n) is 7.70. The van der Waals surface area contributed by atoms with Crippen molar-refractivity contribution in [3.8, 4) is 5.69 Å². The monoisotopic (exact) mass is 387 g/mol. The number of hydrogen-bond acceptors (Lipinski definition) is 6. The zero-order chi connectivity index (χ0) is 19.6. The lowest BCUT2D eigenvalue weighted by molar-refractivity contribution is -0.385. The van der Waals surface area contributed by atoms with Crippen molar-refractivity contribution < 1.29 is 9.72 Å². The number of aryl methyl sites for hydroxylation is 2. The summed E-state index contributed by atoms with van der Waals surface area (Å²) in [5.41, 5.74) is 3.37. The third-order valence-electron chi connectivity index (χ3n) is 3.63. The maximum absolute atomic E-state index is 12.1. The van der Waals surface area contributed by atoms with Gasteiger partial charge >= 0.3 is 5.69 Å². The summed E-state index contributed by atoms with van der Waals surface area (Å²) in [7, 11) is 1.48.